The number of carbonyl (C=O) groups is 1. The Bertz CT molecular complexity index is 498. The molecule has 1 atom stereocenters. The van der Waals surface area contributed by atoms with Crippen molar-refractivity contribution in [2.75, 3.05) is 6.54 Å². The maximum absolute atomic E-state index is 12.8. The van der Waals surface area contributed by atoms with E-state index in [0.29, 0.717) is 0 Å². The Hall–Kier alpha value is -1.83. The van der Waals surface area contributed by atoms with Gasteiger partial charge >= 0.3 is 12.3 Å². The summed E-state index contributed by atoms with van der Waals surface area (Å²) in [6.07, 6.45) is -4.30. The molecule has 8 heteroatoms. The number of hydrogen-bond acceptors (Lipinski definition) is 4. The summed E-state index contributed by atoms with van der Waals surface area (Å²) in [5, 5.41) is 2.33. The summed E-state index contributed by atoms with van der Waals surface area (Å²) in [4.78, 5) is 14.8. The Morgan fingerprint density at radius 2 is 2.05 bits per heavy atom. The minimum atomic E-state index is -4.60. The lowest BCUT2D eigenvalue weighted by molar-refractivity contribution is -0.142. The van der Waals surface area contributed by atoms with Crippen LogP contribution < -0.4 is 11.1 Å². The average Bonchev–Trinajstić information content (AvgIpc) is 2.33. The van der Waals surface area contributed by atoms with Crippen molar-refractivity contribution in [3.8, 4) is 0 Å². The zero-order valence-electron chi connectivity index (χ0n) is 12.0. The van der Waals surface area contributed by atoms with Gasteiger partial charge in [-0.1, -0.05) is 6.07 Å². The number of carbonyl (C=O) groups excluding carboxylic acids is 1. The van der Waals surface area contributed by atoms with Gasteiger partial charge in [0.25, 0.3) is 0 Å². The molecule has 0 saturated carbocycles. The molecule has 0 bridgehead atoms. The second-order valence-electron chi connectivity index (χ2n) is 5.43. The standard InChI is InChI=1S/C13H18F3N3O2/c1-12(2,3)21-11(20)19-7-9(17)8-5-4-6-18-10(8)13(14,15)16/h4-6,9H,7,17H2,1-3H3,(H,19,20). The van der Waals surface area contributed by atoms with Gasteiger partial charge in [-0.05, 0) is 26.8 Å². The molecule has 1 amide bonds. The highest BCUT2D eigenvalue weighted by molar-refractivity contribution is 5.67. The minimum Gasteiger partial charge on any atom is -0.444 e. The van der Waals surface area contributed by atoms with Gasteiger partial charge in [-0.25, -0.2) is 4.79 Å². The van der Waals surface area contributed by atoms with Crippen molar-refractivity contribution in [1.82, 2.24) is 10.3 Å². The lowest BCUT2D eigenvalue weighted by atomic mass is 10.1. The lowest BCUT2D eigenvalue weighted by Crippen LogP contribution is -2.37. The van der Waals surface area contributed by atoms with Gasteiger partial charge in [-0.15, -0.1) is 0 Å². The van der Waals surface area contributed by atoms with E-state index in [1.54, 1.807) is 20.8 Å². The molecule has 1 unspecified atom stereocenters. The van der Waals surface area contributed by atoms with Crippen LogP contribution in [0.3, 0.4) is 0 Å². The molecule has 0 aromatic carbocycles. The monoisotopic (exact) mass is 305 g/mol. The van der Waals surface area contributed by atoms with Crippen LogP contribution in [0.1, 0.15) is 38.1 Å². The van der Waals surface area contributed by atoms with Gasteiger partial charge in [0.15, 0.2) is 0 Å². The maximum Gasteiger partial charge on any atom is 0.433 e. The molecule has 1 rings (SSSR count). The molecule has 0 spiro atoms. The number of halogens is 3. The van der Waals surface area contributed by atoms with Gasteiger partial charge in [-0.2, -0.15) is 13.2 Å². The van der Waals surface area contributed by atoms with Crippen molar-refractivity contribution in [2.45, 2.75) is 38.6 Å². The van der Waals surface area contributed by atoms with E-state index in [4.69, 9.17) is 10.5 Å². The number of nitrogens with two attached hydrogens (primary N) is 1. The van der Waals surface area contributed by atoms with Crippen LogP contribution in [-0.4, -0.2) is 23.2 Å². The van der Waals surface area contributed by atoms with Crippen molar-refractivity contribution in [1.29, 1.82) is 0 Å². The largest absolute Gasteiger partial charge is 0.444 e. The van der Waals surface area contributed by atoms with E-state index >= 15 is 0 Å². The van der Waals surface area contributed by atoms with Crippen LogP contribution in [0.15, 0.2) is 18.3 Å². The predicted molar refractivity (Wildman–Crippen MR) is 70.4 cm³/mol. The van der Waals surface area contributed by atoms with Crippen LogP contribution in [0.2, 0.25) is 0 Å². The van der Waals surface area contributed by atoms with Crippen molar-refractivity contribution >= 4 is 6.09 Å². The summed E-state index contributed by atoms with van der Waals surface area (Å²) < 4.78 is 43.4. The summed E-state index contributed by atoms with van der Waals surface area (Å²) in [7, 11) is 0. The summed E-state index contributed by atoms with van der Waals surface area (Å²) in [6, 6.07) is 1.55. The van der Waals surface area contributed by atoms with E-state index in [1.165, 1.54) is 12.1 Å². The van der Waals surface area contributed by atoms with Gasteiger partial charge in [0.1, 0.15) is 11.3 Å². The highest BCUT2D eigenvalue weighted by Crippen LogP contribution is 2.32. The summed E-state index contributed by atoms with van der Waals surface area (Å²) in [6.45, 7) is 4.84. The molecule has 21 heavy (non-hydrogen) atoms. The molecule has 118 valence electrons. The van der Waals surface area contributed by atoms with E-state index in [-0.39, 0.29) is 12.1 Å². The number of hydrogen-bond donors (Lipinski definition) is 2. The van der Waals surface area contributed by atoms with Gasteiger partial charge < -0.3 is 15.8 Å². The molecule has 5 nitrogen and oxygen atoms in total. The molecule has 0 aliphatic rings. The van der Waals surface area contributed by atoms with E-state index < -0.39 is 29.6 Å². The molecule has 1 heterocycles. The van der Waals surface area contributed by atoms with Crippen molar-refractivity contribution in [3.05, 3.63) is 29.6 Å². The summed E-state index contributed by atoms with van der Waals surface area (Å²) in [5.74, 6) is 0. The first-order valence-electron chi connectivity index (χ1n) is 6.25. The number of nitrogens with one attached hydrogen (secondary N) is 1. The van der Waals surface area contributed by atoms with Crippen LogP contribution in [0.4, 0.5) is 18.0 Å². The first kappa shape index (κ1) is 17.2. The molecule has 0 fully saturated rings. The van der Waals surface area contributed by atoms with Gasteiger partial charge in [-0.3, -0.25) is 4.98 Å². The molecule has 1 aromatic rings. The normalized spacial score (nSPS) is 13.7. The number of amides is 1. The van der Waals surface area contributed by atoms with E-state index in [1.807, 2.05) is 0 Å². The Labute approximate surface area is 120 Å². The fraction of sp³-hybridized carbons (Fsp3) is 0.538. The average molecular weight is 305 g/mol. The third kappa shape index (κ3) is 5.58. The Morgan fingerprint density at radius 1 is 1.43 bits per heavy atom. The van der Waals surface area contributed by atoms with E-state index in [9.17, 15) is 18.0 Å². The zero-order chi connectivity index (χ0) is 16.3. The van der Waals surface area contributed by atoms with Crippen LogP contribution >= 0.6 is 0 Å². The van der Waals surface area contributed by atoms with Crippen molar-refractivity contribution < 1.29 is 22.7 Å². The van der Waals surface area contributed by atoms with E-state index in [2.05, 4.69) is 10.3 Å². The fourth-order valence-electron chi connectivity index (χ4n) is 1.57. The number of ether oxygens (including phenoxy) is 1. The SMILES string of the molecule is CC(C)(C)OC(=O)NCC(N)c1cccnc1C(F)(F)F. The summed E-state index contributed by atoms with van der Waals surface area (Å²) >= 11 is 0. The number of pyridine rings is 1. The molecular weight excluding hydrogens is 287 g/mol. The molecular formula is C13H18F3N3O2. The molecule has 0 radical (unpaired) electrons. The lowest BCUT2D eigenvalue weighted by Gasteiger charge is -2.21. The van der Waals surface area contributed by atoms with E-state index in [0.717, 1.165) is 6.20 Å². The Kier molecular flexibility index (Phi) is 5.16. The predicted octanol–water partition coefficient (Wildman–Crippen LogP) is 2.62. The smallest absolute Gasteiger partial charge is 0.433 e. The second kappa shape index (κ2) is 6.30. The first-order valence-corrected chi connectivity index (χ1v) is 6.25. The van der Waals surface area contributed by atoms with Crippen molar-refractivity contribution in [3.63, 3.8) is 0 Å². The zero-order valence-corrected chi connectivity index (χ0v) is 12.0. The number of aromatic nitrogens is 1. The number of alkyl halides is 3. The number of alkyl carbamates (subject to hydrolysis) is 1. The molecule has 3 N–H and O–H groups in total. The quantitative estimate of drug-likeness (QED) is 0.900. The van der Waals surface area contributed by atoms with Crippen molar-refractivity contribution in [2.24, 2.45) is 5.73 Å². The highest BCUT2D eigenvalue weighted by atomic mass is 19.4. The number of nitrogens with zero attached hydrogens (tertiary/aromatic N) is 1. The van der Waals surface area contributed by atoms with Crippen LogP contribution in [-0.2, 0) is 10.9 Å². The first-order chi connectivity index (χ1) is 9.50. The molecule has 1 aromatic heterocycles. The fourth-order valence-corrected chi connectivity index (χ4v) is 1.57. The Balaban J connectivity index is 2.73. The van der Waals surface area contributed by atoms with Crippen LogP contribution in [0.25, 0.3) is 0 Å². The molecule has 0 aliphatic heterocycles. The van der Waals surface area contributed by atoms with Gasteiger partial charge in [0, 0.05) is 24.3 Å². The highest BCUT2D eigenvalue weighted by Gasteiger charge is 2.36. The number of rotatable bonds is 3. The third-order valence-corrected chi connectivity index (χ3v) is 2.37. The molecule has 0 saturated heterocycles. The minimum absolute atomic E-state index is 0.180. The molecule has 0 aliphatic carbocycles. The topological polar surface area (TPSA) is 77.2 Å². The second-order valence-corrected chi connectivity index (χ2v) is 5.43. The van der Waals surface area contributed by atoms with Crippen LogP contribution in [0, 0.1) is 0 Å². The Morgan fingerprint density at radius 3 is 2.57 bits per heavy atom. The van der Waals surface area contributed by atoms with Gasteiger partial charge in [0.05, 0.1) is 0 Å². The van der Waals surface area contributed by atoms with Gasteiger partial charge in [0.2, 0.25) is 0 Å². The summed E-state index contributed by atoms with van der Waals surface area (Å²) in [5.41, 5.74) is 3.77. The van der Waals surface area contributed by atoms with Crippen LogP contribution in [0.5, 0.6) is 0 Å². The maximum atomic E-state index is 12.8. The third-order valence-electron chi connectivity index (χ3n) is 2.37.